The molecule has 0 heterocycles. The standard InChI is InChI=1S/C8H15N3/c1-9-5-8(6-10-2)7-11(3)4/h5-7H,1-4H3/b8-7-,9-5-,10-6+. The molecule has 0 spiro atoms. The SMILES string of the molecule is C\N=C/C(/C=N/C)=C/N(C)C. The number of aliphatic imine (C=N–C) groups is 2. The Labute approximate surface area is 68.2 Å². The molecule has 3 nitrogen and oxygen atoms in total. The van der Waals surface area contributed by atoms with Crippen molar-refractivity contribution in [3.05, 3.63) is 11.8 Å². The summed E-state index contributed by atoms with van der Waals surface area (Å²) in [5.74, 6) is 0. The predicted molar refractivity (Wildman–Crippen MR) is 50.6 cm³/mol. The highest BCUT2D eigenvalue weighted by Gasteiger charge is 1.86. The Hall–Kier alpha value is -1.12. The van der Waals surface area contributed by atoms with Gasteiger partial charge in [0.2, 0.25) is 0 Å². The molecule has 0 aliphatic heterocycles. The third-order valence-electron chi connectivity index (χ3n) is 0.964. The minimum absolute atomic E-state index is 1.00. The van der Waals surface area contributed by atoms with E-state index in [0.717, 1.165) is 5.57 Å². The van der Waals surface area contributed by atoms with Crippen LogP contribution in [0.5, 0.6) is 0 Å². The largest absolute Gasteiger partial charge is 0.383 e. The maximum absolute atomic E-state index is 3.90. The molecular weight excluding hydrogens is 138 g/mol. The van der Waals surface area contributed by atoms with Gasteiger partial charge in [0.25, 0.3) is 0 Å². The van der Waals surface area contributed by atoms with E-state index in [-0.39, 0.29) is 0 Å². The summed E-state index contributed by atoms with van der Waals surface area (Å²) in [6.07, 6.45) is 5.50. The second kappa shape index (κ2) is 5.65. The number of nitrogens with zero attached hydrogens (tertiary/aromatic N) is 3. The predicted octanol–water partition coefficient (Wildman–Crippen LogP) is 0.833. The van der Waals surface area contributed by atoms with E-state index in [0.29, 0.717) is 0 Å². The maximum Gasteiger partial charge on any atom is 0.0311 e. The summed E-state index contributed by atoms with van der Waals surface area (Å²) < 4.78 is 0. The van der Waals surface area contributed by atoms with Crippen molar-refractivity contribution in [3.8, 4) is 0 Å². The lowest BCUT2D eigenvalue weighted by molar-refractivity contribution is 0.563. The van der Waals surface area contributed by atoms with E-state index in [1.165, 1.54) is 0 Å². The summed E-state index contributed by atoms with van der Waals surface area (Å²) in [5.41, 5.74) is 1.00. The van der Waals surface area contributed by atoms with Crippen LogP contribution in [0.1, 0.15) is 0 Å². The van der Waals surface area contributed by atoms with Crippen molar-refractivity contribution in [3.63, 3.8) is 0 Å². The Morgan fingerprint density at radius 3 is 1.82 bits per heavy atom. The minimum atomic E-state index is 1.00. The zero-order chi connectivity index (χ0) is 8.69. The molecule has 0 aromatic rings. The van der Waals surface area contributed by atoms with Crippen molar-refractivity contribution in [2.24, 2.45) is 9.98 Å². The first kappa shape index (κ1) is 9.88. The van der Waals surface area contributed by atoms with Crippen LogP contribution in [0.4, 0.5) is 0 Å². The van der Waals surface area contributed by atoms with Gasteiger partial charge in [-0.05, 0) is 0 Å². The monoisotopic (exact) mass is 153 g/mol. The Morgan fingerprint density at radius 2 is 1.55 bits per heavy atom. The van der Waals surface area contributed by atoms with Crippen LogP contribution in [0.15, 0.2) is 21.8 Å². The van der Waals surface area contributed by atoms with E-state index >= 15 is 0 Å². The van der Waals surface area contributed by atoms with Gasteiger partial charge < -0.3 is 4.90 Å². The summed E-state index contributed by atoms with van der Waals surface area (Å²) in [6, 6.07) is 0. The minimum Gasteiger partial charge on any atom is -0.383 e. The lowest BCUT2D eigenvalue weighted by atomic mass is 10.3. The van der Waals surface area contributed by atoms with Gasteiger partial charge in [-0.2, -0.15) is 0 Å². The van der Waals surface area contributed by atoms with Crippen LogP contribution in [0, 0.1) is 0 Å². The fourth-order valence-corrected chi connectivity index (χ4v) is 0.696. The van der Waals surface area contributed by atoms with Gasteiger partial charge in [0, 0.05) is 52.4 Å². The average Bonchev–Trinajstić information content (AvgIpc) is 1.87. The molecule has 0 unspecified atom stereocenters. The van der Waals surface area contributed by atoms with Crippen LogP contribution in [0.3, 0.4) is 0 Å². The van der Waals surface area contributed by atoms with Crippen LogP contribution in [-0.4, -0.2) is 45.5 Å². The van der Waals surface area contributed by atoms with Gasteiger partial charge in [-0.15, -0.1) is 0 Å². The molecule has 62 valence electrons. The van der Waals surface area contributed by atoms with Gasteiger partial charge in [0.1, 0.15) is 0 Å². The van der Waals surface area contributed by atoms with Crippen LogP contribution < -0.4 is 0 Å². The molecular formula is C8H15N3. The molecule has 0 radical (unpaired) electrons. The molecule has 11 heavy (non-hydrogen) atoms. The second-order valence-corrected chi connectivity index (χ2v) is 2.37. The van der Waals surface area contributed by atoms with Crippen molar-refractivity contribution >= 4 is 12.4 Å². The van der Waals surface area contributed by atoms with Gasteiger partial charge in [-0.1, -0.05) is 0 Å². The van der Waals surface area contributed by atoms with Crippen molar-refractivity contribution < 1.29 is 0 Å². The third kappa shape index (κ3) is 5.33. The van der Waals surface area contributed by atoms with Crippen LogP contribution >= 0.6 is 0 Å². The zero-order valence-electron chi connectivity index (χ0n) is 7.57. The molecule has 0 saturated carbocycles. The van der Waals surface area contributed by atoms with Gasteiger partial charge in [-0.3, -0.25) is 9.98 Å². The smallest absolute Gasteiger partial charge is 0.0311 e. The van der Waals surface area contributed by atoms with E-state index in [2.05, 4.69) is 9.98 Å². The lowest BCUT2D eigenvalue weighted by Crippen LogP contribution is -2.04. The lowest BCUT2D eigenvalue weighted by Gasteiger charge is -2.04. The second-order valence-electron chi connectivity index (χ2n) is 2.37. The highest BCUT2D eigenvalue weighted by atomic mass is 15.0. The maximum atomic E-state index is 3.90. The summed E-state index contributed by atoms with van der Waals surface area (Å²) in [5, 5.41) is 0. The van der Waals surface area contributed by atoms with E-state index in [4.69, 9.17) is 0 Å². The van der Waals surface area contributed by atoms with Crippen LogP contribution in [0.25, 0.3) is 0 Å². The molecule has 0 bridgehead atoms. The first-order chi connectivity index (χ1) is 5.20. The number of hydrogen-bond donors (Lipinski definition) is 0. The molecule has 0 aliphatic carbocycles. The summed E-state index contributed by atoms with van der Waals surface area (Å²) >= 11 is 0. The van der Waals surface area contributed by atoms with E-state index < -0.39 is 0 Å². The Morgan fingerprint density at radius 1 is 1.09 bits per heavy atom. The molecule has 3 heteroatoms. The van der Waals surface area contributed by atoms with E-state index in [1.807, 2.05) is 25.2 Å². The van der Waals surface area contributed by atoms with Crippen LogP contribution in [-0.2, 0) is 0 Å². The highest BCUT2D eigenvalue weighted by molar-refractivity contribution is 6.03. The number of rotatable bonds is 3. The van der Waals surface area contributed by atoms with Gasteiger partial charge >= 0.3 is 0 Å². The van der Waals surface area contributed by atoms with Gasteiger partial charge in [0.15, 0.2) is 0 Å². The Balaban J connectivity index is 4.32. The molecule has 0 aromatic carbocycles. The number of allylic oxidation sites excluding steroid dienone is 1. The summed E-state index contributed by atoms with van der Waals surface area (Å²) in [6.45, 7) is 0. The third-order valence-corrected chi connectivity index (χ3v) is 0.964. The first-order valence-electron chi connectivity index (χ1n) is 3.43. The summed E-state index contributed by atoms with van der Waals surface area (Å²) in [4.78, 5) is 9.75. The molecule has 0 N–H and O–H groups in total. The topological polar surface area (TPSA) is 28.0 Å². The molecule has 0 fully saturated rings. The molecule has 0 rings (SSSR count). The molecule has 0 amide bonds. The molecule has 0 atom stereocenters. The Kier molecular flexibility index (Phi) is 5.07. The van der Waals surface area contributed by atoms with Gasteiger partial charge in [0.05, 0.1) is 0 Å². The van der Waals surface area contributed by atoms with Crippen molar-refractivity contribution in [1.29, 1.82) is 0 Å². The molecule has 0 aromatic heterocycles. The van der Waals surface area contributed by atoms with E-state index in [9.17, 15) is 0 Å². The number of hydrogen-bond acceptors (Lipinski definition) is 3. The van der Waals surface area contributed by atoms with Crippen molar-refractivity contribution in [1.82, 2.24) is 4.90 Å². The zero-order valence-corrected chi connectivity index (χ0v) is 7.57. The Bertz CT molecular complexity index is 164. The fraction of sp³-hybridized carbons (Fsp3) is 0.500. The average molecular weight is 153 g/mol. The summed E-state index contributed by atoms with van der Waals surface area (Å²) in [7, 11) is 7.42. The van der Waals surface area contributed by atoms with Crippen molar-refractivity contribution in [2.75, 3.05) is 28.2 Å². The fourth-order valence-electron chi connectivity index (χ4n) is 0.696. The quantitative estimate of drug-likeness (QED) is 0.552. The van der Waals surface area contributed by atoms with Crippen LogP contribution in [0.2, 0.25) is 0 Å². The molecule has 0 saturated heterocycles. The van der Waals surface area contributed by atoms with Gasteiger partial charge in [-0.25, -0.2) is 0 Å². The normalized spacial score (nSPS) is 13.3. The first-order valence-corrected chi connectivity index (χ1v) is 3.43. The molecule has 0 aliphatic rings. The highest BCUT2D eigenvalue weighted by Crippen LogP contribution is 1.87. The van der Waals surface area contributed by atoms with Crippen molar-refractivity contribution in [2.45, 2.75) is 0 Å². The van der Waals surface area contributed by atoms with E-state index in [1.54, 1.807) is 26.5 Å².